The van der Waals surface area contributed by atoms with Gasteiger partial charge in [0.05, 0.1) is 10.3 Å². The molecule has 3 nitrogen and oxygen atoms in total. The summed E-state index contributed by atoms with van der Waals surface area (Å²) >= 11 is 13.6. The van der Waals surface area contributed by atoms with Gasteiger partial charge in [0.1, 0.15) is 0 Å². The Kier molecular flexibility index (Phi) is 6.87. The Balaban J connectivity index is 1.85. The monoisotopic (exact) mass is 360 g/mol. The van der Waals surface area contributed by atoms with Crippen LogP contribution < -0.4 is 5.32 Å². The van der Waals surface area contributed by atoms with E-state index in [4.69, 9.17) is 23.2 Å². The lowest BCUT2D eigenvalue weighted by Gasteiger charge is -2.23. The Labute approximate surface area is 146 Å². The molecule has 0 bridgehead atoms. The van der Waals surface area contributed by atoms with E-state index in [0.29, 0.717) is 16.1 Å². The maximum absolute atomic E-state index is 12.3. The van der Waals surface area contributed by atoms with Gasteiger partial charge in [-0.15, -0.1) is 11.8 Å². The maximum atomic E-state index is 12.3. The Morgan fingerprint density at radius 2 is 2.27 bits per heavy atom. The Morgan fingerprint density at radius 1 is 1.50 bits per heavy atom. The maximum Gasteiger partial charge on any atom is 0.233 e. The Hall–Kier alpha value is -0.420. The molecule has 1 aromatic rings. The number of carbonyl (C=O) groups is 1. The summed E-state index contributed by atoms with van der Waals surface area (Å²) < 4.78 is 0. The van der Waals surface area contributed by atoms with E-state index in [9.17, 15) is 4.79 Å². The van der Waals surface area contributed by atoms with Crippen molar-refractivity contribution in [3.8, 4) is 0 Å². The molecule has 0 radical (unpaired) electrons. The molecule has 1 aliphatic rings. The largest absolute Gasteiger partial charge is 0.354 e. The number of thioether (sulfide) groups is 1. The number of likely N-dealkylation sites (tertiary alicyclic amines) is 1. The highest BCUT2D eigenvalue weighted by Gasteiger charge is 2.24. The molecule has 0 aromatic heterocycles. The molecule has 122 valence electrons. The predicted octanol–water partition coefficient (Wildman–Crippen LogP) is 4.07. The van der Waals surface area contributed by atoms with Crippen LogP contribution in [0.15, 0.2) is 23.1 Å². The van der Waals surface area contributed by atoms with E-state index in [-0.39, 0.29) is 11.2 Å². The molecular weight excluding hydrogens is 339 g/mol. The minimum Gasteiger partial charge on any atom is -0.354 e. The summed E-state index contributed by atoms with van der Waals surface area (Å²) in [7, 11) is 0. The van der Waals surface area contributed by atoms with Crippen molar-refractivity contribution in [1.29, 1.82) is 0 Å². The molecule has 1 fully saturated rings. The molecule has 1 amide bonds. The SMILES string of the molecule is CCN1CCC[C@H]1CNC(=O)[C@H](C)Sc1cc(Cl)ccc1Cl. The molecule has 1 heterocycles. The van der Waals surface area contributed by atoms with Crippen molar-refractivity contribution in [2.45, 2.75) is 42.9 Å². The van der Waals surface area contributed by atoms with Crippen molar-refractivity contribution in [2.24, 2.45) is 0 Å². The normalized spacial score (nSPS) is 20.1. The quantitative estimate of drug-likeness (QED) is 0.775. The van der Waals surface area contributed by atoms with Crippen LogP contribution in [-0.4, -0.2) is 41.7 Å². The van der Waals surface area contributed by atoms with Crippen LogP contribution in [0.25, 0.3) is 0 Å². The fourth-order valence-corrected chi connectivity index (χ4v) is 4.15. The molecule has 1 aliphatic heterocycles. The average molecular weight is 361 g/mol. The zero-order chi connectivity index (χ0) is 16.1. The van der Waals surface area contributed by atoms with Crippen molar-refractivity contribution in [2.75, 3.05) is 19.6 Å². The molecule has 6 heteroatoms. The number of hydrogen-bond acceptors (Lipinski definition) is 3. The summed E-state index contributed by atoms with van der Waals surface area (Å²) in [4.78, 5) is 15.5. The van der Waals surface area contributed by atoms with Gasteiger partial charge in [0.2, 0.25) is 5.91 Å². The second-order valence-electron chi connectivity index (χ2n) is 5.50. The first-order chi connectivity index (χ1) is 10.5. The molecule has 2 atom stereocenters. The smallest absolute Gasteiger partial charge is 0.233 e. The second-order valence-corrected chi connectivity index (χ2v) is 7.73. The molecule has 1 N–H and O–H groups in total. The van der Waals surface area contributed by atoms with E-state index < -0.39 is 0 Å². The highest BCUT2D eigenvalue weighted by molar-refractivity contribution is 8.00. The minimum absolute atomic E-state index is 0.0454. The van der Waals surface area contributed by atoms with Gasteiger partial charge in [-0.1, -0.05) is 30.1 Å². The molecule has 1 saturated heterocycles. The number of likely N-dealkylation sites (N-methyl/N-ethyl adjacent to an activating group) is 1. The highest BCUT2D eigenvalue weighted by Crippen LogP contribution is 2.32. The lowest BCUT2D eigenvalue weighted by atomic mass is 10.2. The number of nitrogens with one attached hydrogen (secondary N) is 1. The van der Waals surface area contributed by atoms with Crippen molar-refractivity contribution in [3.05, 3.63) is 28.2 Å². The van der Waals surface area contributed by atoms with Crippen molar-refractivity contribution in [3.63, 3.8) is 0 Å². The first-order valence-corrected chi connectivity index (χ1v) is 9.28. The van der Waals surface area contributed by atoms with Gasteiger partial charge in [-0.3, -0.25) is 9.69 Å². The summed E-state index contributed by atoms with van der Waals surface area (Å²) in [6.07, 6.45) is 2.38. The van der Waals surface area contributed by atoms with E-state index in [2.05, 4.69) is 17.1 Å². The summed E-state index contributed by atoms with van der Waals surface area (Å²) in [6, 6.07) is 5.78. The Bertz CT molecular complexity index is 527. The van der Waals surface area contributed by atoms with Gasteiger partial charge < -0.3 is 5.32 Å². The summed E-state index contributed by atoms with van der Waals surface area (Å²) in [6.45, 7) is 6.96. The van der Waals surface area contributed by atoms with E-state index in [1.165, 1.54) is 18.2 Å². The zero-order valence-electron chi connectivity index (χ0n) is 12.9. The van der Waals surface area contributed by atoms with Crippen LogP contribution in [0.1, 0.15) is 26.7 Å². The van der Waals surface area contributed by atoms with Crippen molar-refractivity contribution >= 4 is 40.9 Å². The van der Waals surface area contributed by atoms with E-state index in [1.54, 1.807) is 18.2 Å². The molecule has 2 rings (SSSR count). The van der Waals surface area contributed by atoms with Crippen LogP contribution in [0.5, 0.6) is 0 Å². The molecule has 22 heavy (non-hydrogen) atoms. The number of nitrogens with zero attached hydrogens (tertiary/aromatic N) is 1. The number of carbonyl (C=O) groups excluding carboxylic acids is 1. The van der Waals surface area contributed by atoms with Gasteiger partial charge in [0.15, 0.2) is 0 Å². The van der Waals surface area contributed by atoms with Gasteiger partial charge in [-0.2, -0.15) is 0 Å². The van der Waals surface area contributed by atoms with Gasteiger partial charge in [-0.05, 0) is 51.1 Å². The topological polar surface area (TPSA) is 32.3 Å². The van der Waals surface area contributed by atoms with Gasteiger partial charge in [-0.25, -0.2) is 0 Å². The number of hydrogen-bond donors (Lipinski definition) is 1. The summed E-state index contributed by atoms with van der Waals surface area (Å²) in [5.74, 6) is 0.0454. The van der Waals surface area contributed by atoms with Gasteiger partial charge in [0.25, 0.3) is 0 Å². The summed E-state index contributed by atoms with van der Waals surface area (Å²) in [5.41, 5.74) is 0. The van der Waals surface area contributed by atoms with Gasteiger partial charge >= 0.3 is 0 Å². The van der Waals surface area contributed by atoms with Crippen LogP contribution in [0.4, 0.5) is 0 Å². The minimum atomic E-state index is -0.201. The van der Waals surface area contributed by atoms with E-state index in [0.717, 1.165) is 31.0 Å². The lowest BCUT2D eigenvalue weighted by Crippen LogP contribution is -2.42. The van der Waals surface area contributed by atoms with Crippen LogP contribution in [0, 0.1) is 0 Å². The lowest BCUT2D eigenvalue weighted by molar-refractivity contribution is -0.120. The van der Waals surface area contributed by atoms with Crippen LogP contribution in [-0.2, 0) is 4.79 Å². The molecule has 0 spiro atoms. The van der Waals surface area contributed by atoms with Crippen molar-refractivity contribution < 1.29 is 4.79 Å². The third kappa shape index (κ3) is 4.79. The number of amides is 1. The standard InChI is InChI=1S/C16H22Cl2N2OS/c1-3-20-8-4-5-13(20)10-19-16(21)11(2)22-15-9-12(17)6-7-14(15)18/h6-7,9,11,13H,3-5,8,10H2,1-2H3,(H,19,21)/t11-,13-/m0/s1. The van der Waals surface area contributed by atoms with Crippen LogP contribution in [0.3, 0.4) is 0 Å². The molecule has 1 aromatic carbocycles. The molecule has 0 aliphatic carbocycles. The number of halogens is 2. The van der Waals surface area contributed by atoms with E-state index in [1.807, 2.05) is 6.92 Å². The molecular formula is C16H22Cl2N2OS. The zero-order valence-corrected chi connectivity index (χ0v) is 15.3. The second kappa shape index (κ2) is 8.44. The van der Waals surface area contributed by atoms with Crippen LogP contribution in [0.2, 0.25) is 10.0 Å². The first kappa shape index (κ1) is 17.9. The number of benzene rings is 1. The molecule has 0 unspecified atom stereocenters. The fourth-order valence-electron chi connectivity index (χ4n) is 2.72. The highest BCUT2D eigenvalue weighted by atomic mass is 35.5. The van der Waals surface area contributed by atoms with E-state index >= 15 is 0 Å². The third-order valence-electron chi connectivity index (χ3n) is 3.98. The predicted molar refractivity (Wildman–Crippen MR) is 95.1 cm³/mol. The van der Waals surface area contributed by atoms with Crippen molar-refractivity contribution in [1.82, 2.24) is 10.2 Å². The third-order valence-corrected chi connectivity index (χ3v) is 5.82. The molecule has 0 saturated carbocycles. The Morgan fingerprint density at radius 3 is 3.00 bits per heavy atom. The van der Waals surface area contributed by atoms with Crippen LogP contribution >= 0.6 is 35.0 Å². The average Bonchev–Trinajstić information content (AvgIpc) is 2.95. The summed E-state index contributed by atoms with van der Waals surface area (Å²) in [5, 5.41) is 4.12. The fraction of sp³-hybridized carbons (Fsp3) is 0.562. The van der Waals surface area contributed by atoms with Gasteiger partial charge in [0, 0.05) is 22.5 Å². The number of rotatable bonds is 6. The first-order valence-electron chi connectivity index (χ1n) is 7.64.